The highest BCUT2D eigenvalue weighted by Crippen LogP contribution is 2.27. The minimum absolute atomic E-state index is 0.00858. The van der Waals surface area contributed by atoms with E-state index in [2.05, 4.69) is 15.7 Å². The van der Waals surface area contributed by atoms with Crippen LogP contribution in [-0.4, -0.2) is 45.0 Å². The number of aryl methyl sites for hydroxylation is 1. The molecule has 2 aromatic heterocycles. The smallest absolute Gasteiger partial charge is 0.276 e. The quantitative estimate of drug-likeness (QED) is 0.841. The summed E-state index contributed by atoms with van der Waals surface area (Å²) in [5, 5.41) is 11.8. The van der Waals surface area contributed by atoms with Gasteiger partial charge in [-0.3, -0.25) is 9.48 Å². The van der Waals surface area contributed by atoms with E-state index in [-0.39, 0.29) is 18.1 Å². The van der Waals surface area contributed by atoms with Crippen LogP contribution in [0, 0.1) is 0 Å². The second-order valence-electron chi connectivity index (χ2n) is 4.98. The van der Waals surface area contributed by atoms with Crippen LogP contribution in [0.5, 0.6) is 0 Å². The number of nitrogens with zero attached hydrogens (tertiary/aromatic N) is 4. The van der Waals surface area contributed by atoms with Gasteiger partial charge in [-0.2, -0.15) is 11.3 Å². The Morgan fingerprint density at radius 2 is 2.35 bits per heavy atom. The van der Waals surface area contributed by atoms with Crippen molar-refractivity contribution in [2.75, 3.05) is 13.1 Å². The maximum atomic E-state index is 12.4. The van der Waals surface area contributed by atoms with E-state index in [1.165, 1.54) is 4.68 Å². The summed E-state index contributed by atoms with van der Waals surface area (Å²) in [4.78, 5) is 14.2. The predicted molar refractivity (Wildman–Crippen MR) is 74.5 cm³/mol. The van der Waals surface area contributed by atoms with Crippen molar-refractivity contribution in [2.24, 2.45) is 7.05 Å². The van der Waals surface area contributed by atoms with Gasteiger partial charge in [0.15, 0.2) is 5.69 Å². The van der Waals surface area contributed by atoms with Crippen molar-refractivity contribution >= 4 is 17.2 Å². The molecule has 20 heavy (non-hydrogen) atoms. The number of morpholine rings is 1. The maximum Gasteiger partial charge on any atom is 0.276 e. The first-order chi connectivity index (χ1) is 9.63. The molecule has 1 aliphatic rings. The third-order valence-electron chi connectivity index (χ3n) is 3.28. The van der Waals surface area contributed by atoms with Crippen LogP contribution in [-0.2, 0) is 11.8 Å². The summed E-state index contributed by atoms with van der Waals surface area (Å²) < 4.78 is 7.46. The summed E-state index contributed by atoms with van der Waals surface area (Å²) >= 11 is 1.63. The van der Waals surface area contributed by atoms with Gasteiger partial charge in [-0.1, -0.05) is 5.21 Å². The lowest BCUT2D eigenvalue weighted by Gasteiger charge is -2.36. The Labute approximate surface area is 121 Å². The molecule has 2 atom stereocenters. The molecule has 3 heterocycles. The predicted octanol–water partition coefficient (Wildman–Crippen LogP) is 1.48. The molecule has 2 unspecified atom stereocenters. The number of thiophene rings is 1. The Hall–Kier alpha value is -1.73. The number of amides is 1. The standard InChI is InChI=1S/C13H16N4O2S/c1-9-5-17(13(18)11-6-16(2)15-14-11)7-12(19-9)10-3-4-20-8-10/h3-4,6,8-9,12H,5,7H2,1-2H3. The van der Waals surface area contributed by atoms with Crippen LogP contribution in [0.1, 0.15) is 29.1 Å². The van der Waals surface area contributed by atoms with Crippen LogP contribution >= 0.6 is 11.3 Å². The van der Waals surface area contributed by atoms with Crippen LogP contribution in [0.2, 0.25) is 0 Å². The van der Waals surface area contributed by atoms with Gasteiger partial charge in [-0.05, 0) is 29.3 Å². The van der Waals surface area contributed by atoms with Crippen molar-refractivity contribution in [3.8, 4) is 0 Å². The fourth-order valence-corrected chi connectivity index (χ4v) is 3.07. The van der Waals surface area contributed by atoms with E-state index in [4.69, 9.17) is 4.74 Å². The van der Waals surface area contributed by atoms with Gasteiger partial charge in [0.05, 0.1) is 18.8 Å². The van der Waals surface area contributed by atoms with Gasteiger partial charge >= 0.3 is 0 Å². The van der Waals surface area contributed by atoms with Gasteiger partial charge in [0, 0.05) is 13.6 Å². The van der Waals surface area contributed by atoms with E-state index in [1.54, 1.807) is 29.5 Å². The molecule has 0 saturated carbocycles. The summed E-state index contributed by atoms with van der Waals surface area (Å²) in [6, 6.07) is 2.04. The normalized spacial score (nSPS) is 23.0. The van der Waals surface area contributed by atoms with Gasteiger partial charge in [-0.15, -0.1) is 5.10 Å². The van der Waals surface area contributed by atoms with E-state index in [1.807, 2.05) is 18.4 Å². The summed E-state index contributed by atoms with van der Waals surface area (Å²) in [5.74, 6) is -0.0894. The Morgan fingerprint density at radius 3 is 3.00 bits per heavy atom. The molecule has 1 fully saturated rings. The topological polar surface area (TPSA) is 60.2 Å². The fraction of sp³-hybridized carbons (Fsp3) is 0.462. The van der Waals surface area contributed by atoms with Gasteiger partial charge in [0.2, 0.25) is 0 Å². The lowest BCUT2D eigenvalue weighted by molar-refractivity contribution is -0.0691. The zero-order chi connectivity index (χ0) is 14.1. The third kappa shape index (κ3) is 2.59. The summed E-state index contributed by atoms with van der Waals surface area (Å²) in [7, 11) is 1.75. The second-order valence-corrected chi connectivity index (χ2v) is 5.76. The number of rotatable bonds is 2. The first kappa shape index (κ1) is 13.3. The van der Waals surface area contributed by atoms with Gasteiger partial charge in [-0.25, -0.2) is 0 Å². The Bertz CT molecular complexity index is 595. The van der Waals surface area contributed by atoms with Crippen molar-refractivity contribution < 1.29 is 9.53 Å². The van der Waals surface area contributed by atoms with E-state index < -0.39 is 0 Å². The molecule has 0 N–H and O–H groups in total. The molecule has 0 spiro atoms. The fourth-order valence-electron chi connectivity index (χ4n) is 2.37. The van der Waals surface area contributed by atoms with E-state index in [0.29, 0.717) is 18.8 Å². The SMILES string of the molecule is CC1CN(C(=O)c2cn(C)nn2)CC(c2ccsc2)O1. The van der Waals surface area contributed by atoms with Crippen molar-refractivity contribution in [1.82, 2.24) is 19.9 Å². The van der Waals surface area contributed by atoms with E-state index >= 15 is 0 Å². The average Bonchev–Trinajstić information content (AvgIpc) is 3.08. The number of hydrogen-bond donors (Lipinski definition) is 0. The molecule has 7 heteroatoms. The molecule has 1 aliphatic heterocycles. The Balaban J connectivity index is 1.77. The largest absolute Gasteiger partial charge is 0.367 e. The molecule has 3 rings (SSSR count). The Kier molecular flexibility index (Phi) is 3.54. The van der Waals surface area contributed by atoms with Crippen molar-refractivity contribution in [3.05, 3.63) is 34.3 Å². The monoisotopic (exact) mass is 292 g/mol. The highest BCUT2D eigenvalue weighted by Gasteiger charge is 2.31. The third-order valence-corrected chi connectivity index (χ3v) is 3.99. The van der Waals surface area contributed by atoms with Crippen molar-refractivity contribution in [1.29, 1.82) is 0 Å². The molecule has 1 amide bonds. The maximum absolute atomic E-state index is 12.4. The zero-order valence-corrected chi connectivity index (χ0v) is 12.2. The number of carbonyl (C=O) groups excluding carboxylic acids is 1. The molecule has 6 nitrogen and oxygen atoms in total. The van der Waals surface area contributed by atoms with E-state index in [0.717, 1.165) is 5.56 Å². The van der Waals surface area contributed by atoms with Gasteiger partial charge in [0.1, 0.15) is 6.10 Å². The molecule has 0 aromatic carbocycles. The number of ether oxygens (including phenoxy) is 1. The molecule has 0 radical (unpaired) electrons. The van der Waals surface area contributed by atoms with Crippen LogP contribution < -0.4 is 0 Å². The summed E-state index contributed by atoms with van der Waals surface area (Å²) in [5.41, 5.74) is 1.50. The van der Waals surface area contributed by atoms with Crippen LogP contribution in [0.15, 0.2) is 23.0 Å². The van der Waals surface area contributed by atoms with Gasteiger partial charge < -0.3 is 9.64 Å². The molecule has 106 valence electrons. The lowest BCUT2D eigenvalue weighted by atomic mass is 10.1. The summed E-state index contributed by atoms with van der Waals surface area (Å²) in [6.07, 6.45) is 1.59. The molecular weight excluding hydrogens is 276 g/mol. The average molecular weight is 292 g/mol. The molecule has 0 bridgehead atoms. The number of aromatic nitrogens is 3. The second kappa shape index (κ2) is 5.34. The molecule has 1 saturated heterocycles. The van der Waals surface area contributed by atoms with Crippen LogP contribution in [0.25, 0.3) is 0 Å². The minimum atomic E-state index is -0.0894. The first-order valence-electron chi connectivity index (χ1n) is 6.46. The molecule has 0 aliphatic carbocycles. The summed E-state index contributed by atoms with van der Waals surface area (Å²) in [6.45, 7) is 3.11. The Morgan fingerprint density at radius 1 is 1.50 bits per heavy atom. The highest BCUT2D eigenvalue weighted by atomic mass is 32.1. The zero-order valence-electron chi connectivity index (χ0n) is 11.4. The van der Waals surface area contributed by atoms with Crippen LogP contribution in [0.4, 0.5) is 0 Å². The number of hydrogen-bond acceptors (Lipinski definition) is 5. The van der Waals surface area contributed by atoms with Gasteiger partial charge in [0.25, 0.3) is 5.91 Å². The lowest BCUT2D eigenvalue weighted by Crippen LogP contribution is -2.46. The molecular formula is C13H16N4O2S. The minimum Gasteiger partial charge on any atom is -0.367 e. The van der Waals surface area contributed by atoms with E-state index in [9.17, 15) is 4.79 Å². The van der Waals surface area contributed by atoms with Crippen molar-refractivity contribution in [3.63, 3.8) is 0 Å². The highest BCUT2D eigenvalue weighted by molar-refractivity contribution is 7.07. The number of carbonyl (C=O) groups is 1. The molecule has 2 aromatic rings. The first-order valence-corrected chi connectivity index (χ1v) is 7.41. The van der Waals surface area contributed by atoms with Crippen molar-refractivity contribution in [2.45, 2.75) is 19.1 Å². The van der Waals surface area contributed by atoms with Crippen LogP contribution in [0.3, 0.4) is 0 Å².